The lowest BCUT2D eigenvalue weighted by molar-refractivity contribution is -0.143. The molecule has 0 amide bonds. The van der Waals surface area contributed by atoms with E-state index in [-0.39, 0.29) is 5.97 Å². The van der Waals surface area contributed by atoms with Gasteiger partial charge in [-0.15, -0.1) is 0 Å². The van der Waals surface area contributed by atoms with Crippen LogP contribution in [0.1, 0.15) is 296 Å². The molecule has 0 unspecified atom stereocenters. The Labute approximate surface area is 317 Å². The average Bonchev–Trinajstić information content (AvgIpc) is 3.12. The van der Waals surface area contributed by atoms with Crippen LogP contribution in [0, 0.1) is 0 Å². The van der Waals surface area contributed by atoms with E-state index in [1.807, 2.05) is 0 Å². The molecule has 0 saturated carbocycles. The summed E-state index contributed by atoms with van der Waals surface area (Å²) in [4.78, 5) is 12.0. The maximum Gasteiger partial charge on any atom is 0.305 e. The molecule has 0 aliphatic carbocycles. The molecule has 2 nitrogen and oxygen atoms in total. The minimum atomic E-state index is 0.0329. The Morgan fingerprint density at radius 2 is 0.440 bits per heavy atom. The first kappa shape index (κ1) is 49.5. The molecule has 0 N–H and O–H groups in total. The molecule has 0 atom stereocenters. The van der Waals surface area contributed by atoms with Crippen molar-refractivity contribution in [3.8, 4) is 0 Å². The SMILES string of the molecule is CCCCCCCCCCCCCCCCCCCCCCCCCCCCOC(=O)CCCCCCCCCCCCCCCCCCC. The first-order chi connectivity index (χ1) is 24.8. The van der Waals surface area contributed by atoms with Crippen molar-refractivity contribution in [2.45, 2.75) is 296 Å². The predicted molar refractivity (Wildman–Crippen MR) is 225 cm³/mol. The molecule has 0 saturated heterocycles. The van der Waals surface area contributed by atoms with Crippen molar-refractivity contribution in [3.63, 3.8) is 0 Å². The molecule has 0 heterocycles. The smallest absolute Gasteiger partial charge is 0.305 e. The largest absolute Gasteiger partial charge is 0.466 e. The van der Waals surface area contributed by atoms with Crippen LogP contribution in [0.3, 0.4) is 0 Å². The molecule has 0 spiro atoms. The van der Waals surface area contributed by atoms with Gasteiger partial charge in [0.1, 0.15) is 0 Å². The second-order valence-corrected chi connectivity index (χ2v) is 16.5. The second-order valence-electron chi connectivity index (χ2n) is 16.5. The van der Waals surface area contributed by atoms with Gasteiger partial charge in [-0.1, -0.05) is 277 Å². The topological polar surface area (TPSA) is 26.3 Å². The number of hydrogen-bond acceptors (Lipinski definition) is 2. The molecule has 0 radical (unpaired) electrons. The van der Waals surface area contributed by atoms with Gasteiger partial charge in [0.05, 0.1) is 6.61 Å². The molecule has 0 aromatic carbocycles. The Morgan fingerprint density at radius 3 is 0.660 bits per heavy atom. The summed E-state index contributed by atoms with van der Waals surface area (Å²) in [5, 5.41) is 0. The van der Waals surface area contributed by atoms with E-state index in [2.05, 4.69) is 13.8 Å². The van der Waals surface area contributed by atoms with Gasteiger partial charge < -0.3 is 4.74 Å². The molecule has 0 aromatic rings. The molecule has 2 heteroatoms. The van der Waals surface area contributed by atoms with Gasteiger partial charge in [0.2, 0.25) is 0 Å². The Morgan fingerprint density at radius 1 is 0.260 bits per heavy atom. The standard InChI is InChI=1S/C48H96O2/c1-3-5-7-9-11-13-15-17-19-21-22-23-24-25-26-27-28-29-31-33-35-37-39-41-43-45-47-50-48(49)46-44-42-40-38-36-34-32-30-20-18-16-14-12-10-8-6-4-2/h3-47H2,1-2H3. The average molecular weight is 705 g/mol. The third-order valence-corrected chi connectivity index (χ3v) is 11.2. The fourth-order valence-corrected chi connectivity index (χ4v) is 7.67. The quantitative estimate of drug-likeness (QED) is 0.0466. The monoisotopic (exact) mass is 705 g/mol. The van der Waals surface area contributed by atoms with E-state index in [0.717, 1.165) is 12.8 Å². The van der Waals surface area contributed by atoms with Crippen molar-refractivity contribution in [2.75, 3.05) is 6.61 Å². The zero-order valence-electron chi connectivity index (χ0n) is 35.1. The van der Waals surface area contributed by atoms with Gasteiger partial charge in [-0.25, -0.2) is 0 Å². The highest BCUT2D eigenvalue weighted by molar-refractivity contribution is 5.69. The van der Waals surface area contributed by atoms with Crippen molar-refractivity contribution in [1.82, 2.24) is 0 Å². The number of hydrogen-bond donors (Lipinski definition) is 0. The van der Waals surface area contributed by atoms with Crippen LogP contribution in [0.25, 0.3) is 0 Å². The van der Waals surface area contributed by atoms with E-state index in [9.17, 15) is 4.79 Å². The van der Waals surface area contributed by atoms with Crippen LogP contribution in [0.4, 0.5) is 0 Å². The molecular formula is C48H96O2. The maximum atomic E-state index is 12.0. The molecule has 0 aliphatic rings. The van der Waals surface area contributed by atoms with Crippen molar-refractivity contribution >= 4 is 5.97 Å². The minimum Gasteiger partial charge on any atom is -0.466 e. The molecule has 0 aromatic heterocycles. The number of carbonyl (C=O) groups excluding carboxylic acids is 1. The van der Waals surface area contributed by atoms with Gasteiger partial charge in [0.25, 0.3) is 0 Å². The minimum absolute atomic E-state index is 0.0329. The van der Waals surface area contributed by atoms with Crippen LogP contribution in [0.15, 0.2) is 0 Å². The van der Waals surface area contributed by atoms with Crippen molar-refractivity contribution < 1.29 is 9.53 Å². The maximum absolute atomic E-state index is 12.0. The lowest BCUT2D eigenvalue weighted by atomic mass is 10.0. The van der Waals surface area contributed by atoms with Crippen molar-refractivity contribution in [2.24, 2.45) is 0 Å². The van der Waals surface area contributed by atoms with Crippen molar-refractivity contribution in [3.05, 3.63) is 0 Å². The predicted octanol–water partition coefficient (Wildman–Crippen LogP) is 17.7. The first-order valence-electron chi connectivity index (χ1n) is 24.0. The molecule has 0 bridgehead atoms. The van der Waals surface area contributed by atoms with Gasteiger partial charge in [0.15, 0.2) is 0 Å². The van der Waals surface area contributed by atoms with E-state index in [1.165, 1.54) is 263 Å². The van der Waals surface area contributed by atoms with E-state index in [0.29, 0.717) is 13.0 Å². The number of unbranched alkanes of at least 4 members (excludes halogenated alkanes) is 41. The van der Waals surface area contributed by atoms with Crippen LogP contribution >= 0.6 is 0 Å². The molecule has 50 heavy (non-hydrogen) atoms. The van der Waals surface area contributed by atoms with E-state index in [4.69, 9.17) is 4.74 Å². The van der Waals surface area contributed by atoms with Gasteiger partial charge in [-0.3, -0.25) is 4.79 Å². The van der Waals surface area contributed by atoms with Crippen LogP contribution < -0.4 is 0 Å². The lowest BCUT2D eigenvalue weighted by Gasteiger charge is -2.06. The molecule has 300 valence electrons. The summed E-state index contributed by atoms with van der Waals surface area (Å²) < 4.78 is 5.49. The van der Waals surface area contributed by atoms with Crippen LogP contribution in [-0.2, 0) is 9.53 Å². The van der Waals surface area contributed by atoms with Crippen molar-refractivity contribution in [1.29, 1.82) is 0 Å². The summed E-state index contributed by atoms with van der Waals surface area (Å²) >= 11 is 0. The highest BCUT2D eigenvalue weighted by Crippen LogP contribution is 2.17. The number of ether oxygens (including phenoxy) is 1. The molecular weight excluding hydrogens is 609 g/mol. The van der Waals surface area contributed by atoms with E-state index in [1.54, 1.807) is 0 Å². The fourth-order valence-electron chi connectivity index (χ4n) is 7.67. The highest BCUT2D eigenvalue weighted by Gasteiger charge is 2.03. The van der Waals surface area contributed by atoms with Gasteiger partial charge >= 0.3 is 5.97 Å². The molecule has 0 rings (SSSR count). The number of carbonyl (C=O) groups is 1. The Hall–Kier alpha value is -0.530. The normalized spacial score (nSPS) is 11.5. The van der Waals surface area contributed by atoms with Gasteiger partial charge in [-0.05, 0) is 12.8 Å². The van der Waals surface area contributed by atoms with E-state index >= 15 is 0 Å². The second kappa shape index (κ2) is 46.5. The summed E-state index contributed by atoms with van der Waals surface area (Å²) in [6, 6.07) is 0. The Bertz CT molecular complexity index is 601. The number of rotatable bonds is 45. The zero-order chi connectivity index (χ0) is 36.1. The lowest BCUT2D eigenvalue weighted by Crippen LogP contribution is -2.05. The highest BCUT2D eigenvalue weighted by atomic mass is 16.5. The summed E-state index contributed by atoms with van der Waals surface area (Å²) in [5.41, 5.74) is 0. The molecule has 0 aliphatic heterocycles. The van der Waals surface area contributed by atoms with Crippen LogP contribution in [-0.4, -0.2) is 12.6 Å². The Kier molecular flexibility index (Phi) is 46.0. The summed E-state index contributed by atoms with van der Waals surface area (Å²) in [5.74, 6) is 0.0329. The summed E-state index contributed by atoms with van der Waals surface area (Å²) in [7, 11) is 0. The number of esters is 1. The van der Waals surface area contributed by atoms with E-state index < -0.39 is 0 Å². The van der Waals surface area contributed by atoms with Gasteiger partial charge in [0, 0.05) is 6.42 Å². The van der Waals surface area contributed by atoms with Crippen LogP contribution in [0.5, 0.6) is 0 Å². The summed E-state index contributed by atoms with van der Waals surface area (Å²) in [6.45, 7) is 5.24. The van der Waals surface area contributed by atoms with Crippen LogP contribution in [0.2, 0.25) is 0 Å². The zero-order valence-corrected chi connectivity index (χ0v) is 35.1. The first-order valence-corrected chi connectivity index (χ1v) is 24.0. The molecule has 0 fully saturated rings. The fraction of sp³-hybridized carbons (Fsp3) is 0.979. The third kappa shape index (κ3) is 45.5. The third-order valence-electron chi connectivity index (χ3n) is 11.2. The van der Waals surface area contributed by atoms with Gasteiger partial charge in [-0.2, -0.15) is 0 Å². The Balaban J connectivity index is 3.13. The summed E-state index contributed by atoms with van der Waals surface area (Å²) in [6.07, 6.45) is 60.9.